The highest BCUT2D eigenvalue weighted by molar-refractivity contribution is 5.97. The monoisotopic (exact) mass is 267 g/mol. The number of aliphatic carboxylic acids is 1. The van der Waals surface area contributed by atoms with E-state index >= 15 is 0 Å². The van der Waals surface area contributed by atoms with Crippen molar-refractivity contribution in [3.05, 3.63) is 29.6 Å². The number of likely N-dealkylation sites (tertiary alicyclic amines) is 1. The van der Waals surface area contributed by atoms with Crippen molar-refractivity contribution < 1.29 is 23.8 Å². The molecule has 1 atom stereocenters. The van der Waals surface area contributed by atoms with Crippen molar-refractivity contribution in [3.8, 4) is 5.75 Å². The van der Waals surface area contributed by atoms with Crippen molar-refractivity contribution in [2.45, 2.75) is 6.42 Å². The highest BCUT2D eigenvalue weighted by Gasteiger charge is 2.32. The molecule has 1 saturated heterocycles. The molecule has 1 heterocycles. The van der Waals surface area contributed by atoms with Gasteiger partial charge in [-0.3, -0.25) is 9.59 Å². The van der Waals surface area contributed by atoms with Gasteiger partial charge in [-0.25, -0.2) is 4.39 Å². The van der Waals surface area contributed by atoms with E-state index in [4.69, 9.17) is 9.84 Å². The lowest BCUT2D eigenvalue weighted by Crippen LogP contribution is -2.30. The fourth-order valence-corrected chi connectivity index (χ4v) is 2.16. The summed E-state index contributed by atoms with van der Waals surface area (Å²) in [5, 5.41) is 8.91. The zero-order valence-electron chi connectivity index (χ0n) is 10.4. The van der Waals surface area contributed by atoms with Crippen LogP contribution in [0.5, 0.6) is 5.75 Å². The Morgan fingerprint density at radius 1 is 1.47 bits per heavy atom. The number of carboxylic acid groups (broad SMARTS) is 1. The number of ether oxygens (including phenoxy) is 1. The number of hydrogen-bond donors (Lipinski definition) is 1. The Bertz CT molecular complexity index is 517. The highest BCUT2D eigenvalue weighted by Crippen LogP contribution is 2.24. The van der Waals surface area contributed by atoms with Gasteiger partial charge in [0.2, 0.25) is 0 Å². The molecule has 0 radical (unpaired) electrons. The molecule has 0 bridgehead atoms. The first-order valence-corrected chi connectivity index (χ1v) is 5.88. The summed E-state index contributed by atoms with van der Waals surface area (Å²) in [6, 6.07) is 3.70. The number of nitrogens with zero attached hydrogens (tertiary/aromatic N) is 1. The molecule has 0 saturated carbocycles. The molecule has 5 nitrogen and oxygen atoms in total. The van der Waals surface area contributed by atoms with Gasteiger partial charge in [-0.15, -0.1) is 0 Å². The van der Waals surface area contributed by atoms with Gasteiger partial charge in [0.15, 0.2) is 0 Å². The SMILES string of the molecule is COc1ccc(F)cc1C(=O)N1CCC(C(=O)O)C1. The van der Waals surface area contributed by atoms with E-state index in [2.05, 4.69) is 0 Å². The Morgan fingerprint density at radius 2 is 2.21 bits per heavy atom. The smallest absolute Gasteiger partial charge is 0.308 e. The Morgan fingerprint density at radius 3 is 2.79 bits per heavy atom. The summed E-state index contributed by atoms with van der Waals surface area (Å²) < 4.78 is 18.2. The predicted molar refractivity (Wildman–Crippen MR) is 64.6 cm³/mol. The van der Waals surface area contributed by atoms with Crippen LogP contribution in [0.15, 0.2) is 18.2 Å². The molecule has 1 aliphatic rings. The van der Waals surface area contributed by atoms with Crippen LogP contribution in [0.2, 0.25) is 0 Å². The average Bonchev–Trinajstić information content (AvgIpc) is 2.87. The lowest BCUT2D eigenvalue weighted by molar-refractivity contribution is -0.141. The summed E-state index contributed by atoms with van der Waals surface area (Å²) in [6.07, 6.45) is 0.415. The maximum absolute atomic E-state index is 13.2. The highest BCUT2D eigenvalue weighted by atomic mass is 19.1. The summed E-state index contributed by atoms with van der Waals surface area (Å²) in [6.45, 7) is 0.503. The molecule has 0 aromatic heterocycles. The van der Waals surface area contributed by atoms with Crippen LogP contribution in [-0.4, -0.2) is 42.1 Å². The summed E-state index contributed by atoms with van der Waals surface area (Å²) in [7, 11) is 1.40. The van der Waals surface area contributed by atoms with E-state index in [1.165, 1.54) is 24.1 Å². The second-order valence-corrected chi connectivity index (χ2v) is 4.42. The normalized spacial score (nSPS) is 18.4. The second kappa shape index (κ2) is 5.26. The van der Waals surface area contributed by atoms with Gasteiger partial charge in [-0.05, 0) is 24.6 Å². The number of rotatable bonds is 3. The third-order valence-corrected chi connectivity index (χ3v) is 3.22. The Kier molecular flexibility index (Phi) is 3.69. The molecule has 6 heteroatoms. The minimum absolute atomic E-state index is 0.119. The van der Waals surface area contributed by atoms with E-state index in [0.29, 0.717) is 13.0 Å². The number of carbonyl (C=O) groups excluding carboxylic acids is 1. The molecule has 1 amide bonds. The van der Waals surface area contributed by atoms with Crippen LogP contribution in [0.1, 0.15) is 16.8 Å². The Labute approximate surface area is 109 Å². The number of hydrogen-bond acceptors (Lipinski definition) is 3. The van der Waals surface area contributed by atoms with E-state index in [9.17, 15) is 14.0 Å². The summed E-state index contributed by atoms with van der Waals surface area (Å²) in [5.41, 5.74) is 0.119. The standard InChI is InChI=1S/C13H14FNO4/c1-19-11-3-2-9(14)6-10(11)12(16)15-5-4-8(7-15)13(17)18/h2-3,6,8H,4-5,7H2,1H3,(H,17,18). The molecule has 19 heavy (non-hydrogen) atoms. The Hall–Kier alpha value is -2.11. The maximum Gasteiger partial charge on any atom is 0.308 e. The molecule has 0 spiro atoms. The van der Waals surface area contributed by atoms with Crippen molar-refractivity contribution in [2.24, 2.45) is 5.92 Å². The fraction of sp³-hybridized carbons (Fsp3) is 0.385. The minimum atomic E-state index is -0.915. The molecule has 1 aliphatic heterocycles. The predicted octanol–water partition coefficient (Wildman–Crippen LogP) is 1.38. The van der Waals surface area contributed by atoms with Crippen molar-refractivity contribution >= 4 is 11.9 Å². The van der Waals surface area contributed by atoms with E-state index < -0.39 is 23.6 Å². The maximum atomic E-state index is 13.2. The van der Waals surface area contributed by atoms with Gasteiger partial charge in [0, 0.05) is 13.1 Å². The summed E-state index contributed by atoms with van der Waals surface area (Å²) in [5.74, 6) is -2.12. The lowest BCUT2D eigenvalue weighted by atomic mass is 10.1. The van der Waals surface area contributed by atoms with Gasteiger partial charge in [0.25, 0.3) is 5.91 Å². The summed E-state index contributed by atoms with van der Waals surface area (Å²) >= 11 is 0. The van der Waals surface area contributed by atoms with Crippen molar-refractivity contribution in [1.82, 2.24) is 4.90 Å². The molecule has 102 valence electrons. The molecule has 2 rings (SSSR count). The number of carbonyl (C=O) groups is 2. The van der Waals surface area contributed by atoms with E-state index in [-0.39, 0.29) is 17.9 Å². The topological polar surface area (TPSA) is 66.8 Å². The average molecular weight is 267 g/mol. The van der Waals surface area contributed by atoms with Crippen LogP contribution in [0.25, 0.3) is 0 Å². The Balaban J connectivity index is 2.21. The molecule has 1 N–H and O–H groups in total. The third-order valence-electron chi connectivity index (χ3n) is 3.22. The van der Waals surface area contributed by atoms with E-state index in [1.54, 1.807) is 0 Å². The molecule has 1 aromatic rings. The van der Waals surface area contributed by atoms with Crippen LogP contribution < -0.4 is 4.74 Å². The van der Waals surface area contributed by atoms with E-state index in [1.807, 2.05) is 0 Å². The molecule has 0 aliphatic carbocycles. The zero-order chi connectivity index (χ0) is 14.0. The third kappa shape index (κ3) is 2.67. The van der Waals surface area contributed by atoms with Crippen LogP contribution >= 0.6 is 0 Å². The second-order valence-electron chi connectivity index (χ2n) is 4.42. The van der Waals surface area contributed by atoms with Crippen molar-refractivity contribution in [3.63, 3.8) is 0 Å². The fourth-order valence-electron chi connectivity index (χ4n) is 2.16. The van der Waals surface area contributed by atoms with Crippen LogP contribution in [0, 0.1) is 11.7 Å². The quantitative estimate of drug-likeness (QED) is 0.898. The first kappa shape index (κ1) is 13.3. The molecular formula is C13H14FNO4. The van der Waals surface area contributed by atoms with Crippen molar-refractivity contribution in [2.75, 3.05) is 20.2 Å². The molecule has 1 unspecified atom stereocenters. The molecule has 1 fully saturated rings. The lowest BCUT2D eigenvalue weighted by Gasteiger charge is -2.17. The van der Waals surface area contributed by atoms with Gasteiger partial charge < -0.3 is 14.7 Å². The number of amides is 1. The van der Waals surface area contributed by atoms with Gasteiger partial charge in [-0.2, -0.15) is 0 Å². The van der Waals surface area contributed by atoms with Crippen LogP contribution in [-0.2, 0) is 4.79 Å². The molecule has 1 aromatic carbocycles. The van der Waals surface area contributed by atoms with Crippen LogP contribution in [0.3, 0.4) is 0 Å². The number of methoxy groups -OCH3 is 1. The summed E-state index contributed by atoms with van der Waals surface area (Å²) in [4.78, 5) is 24.5. The van der Waals surface area contributed by atoms with Crippen molar-refractivity contribution in [1.29, 1.82) is 0 Å². The molecular weight excluding hydrogens is 253 g/mol. The first-order valence-electron chi connectivity index (χ1n) is 5.88. The minimum Gasteiger partial charge on any atom is -0.496 e. The van der Waals surface area contributed by atoms with E-state index in [0.717, 1.165) is 6.07 Å². The van der Waals surface area contributed by atoms with Gasteiger partial charge >= 0.3 is 5.97 Å². The number of benzene rings is 1. The number of halogens is 1. The van der Waals surface area contributed by atoms with Gasteiger partial charge in [0.1, 0.15) is 11.6 Å². The zero-order valence-corrected chi connectivity index (χ0v) is 10.4. The van der Waals surface area contributed by atoms with Gasteiger partial charge in [0.05, 0.1) is 18.6 Å². The number of carboxylic acids is 1. The first-order chi connectivity index (χ1) is 9.02. The van der Waals surface area contributed by atoms with Crippen LogP contribution in [0.4, 0.5) is 4.39 Å². The van der Waals surface area contributed by atoms with Gasteiger partial charge in [-0.1, -0.05) is 0 Å². The largest absolute Gasteiger partial charge is 0.496 e.